The lowest BCUT2D eigenvalue weighted by molar-refractivity contribution is -0.210. The van der Waals surface area contributed by atoms with Crippen LogP contribution in [-0.4, -0.2) is 10.7 Å². The van der Waals surface area contributed by atoms with Gasteiger partial charge in [0, 0.05) is 16.9 Å². The van der Waals surface area contributed by atoms with E-state index in [2.05, 4.69) is 27.7 Å². The molecular formula is C21H29ClO2. The van der Waals surface area contributed by atoms with Crippen LogP contribution in [0.25, 0.3) is 0 Å². The van der Waals surface area contributed by atoms with E-state index < -0.39 is 0 Å². The van der Waals surface area contributed by atoms with E-state index in [1.807, 2.05) is 6.07 Å². The van der Waals surface area contributed by atoms with Crippen molar-refractivity contribution >= 4 is 11.6 Å². The molecule has 1 spiro atoms. The van der Waals surface area contributed by atoms with Gasteiger partial charge in [0.15, 0.2) is 0 Å². The Kier molecular flexibility index (Phi) is 3.50. The van der Waals surface area contributed by atoms with E-state index in [1.54, 1.807) is 6.07 Å². The summed E-state index contributed by atoms with van der Waals surface area (Å²) in [6.45, 7) is 9.65. The predicted octanol–water partition coefficient (Wildman–Crippen LogP) is 5.98. The zero-order chi connectivity index (χ0) is 17.3. The van der Waals surface area contributed by atoms with Gasteiger partial charge in [-0.2, -0.15) is 0 Å². The monoisotopic (exact) mass is 348 g/mol. The van der Waals surface area contributed by atoms with Crippen LogP contribution in [0.2, 0.25) is 5.02 Å². The molecule has 2 nitrogen and oxygen atoms in total. The summed E-state index contributed by atoms with van der Waals surface area (Å²) in [6.07, 6.45) is 7.07. The molecule has 24 heavy (non-hydrogen) atoms. The van der Waals surface area contributed by atoms with Crippen molar-refractivity contribution in [2.24, 2.45) is 22.7 Å². The Labute approximate surface area is 150 Å². The maximum Gasteiger partial charge on any atom is 0.134 e. The van der Waals surface area contributed by atoms with E-state index in [1.165, 1.54) is 25.7 Å². The minimum Gasteiger partial charge on any atom is -0.506 e. The quantitative estimate of drug-likeness (QED) is 0.624. The summed E-state index contributed by atoms with van der Waals surface area (Å²) < 4.78 is 6.88. The third kappa shape index (κ3) is 1.95. The first kappa shape index (κ1) is 16.6. The van der Waals surface area contributed by atoms with Gasteiger partial charge in [0.05, 0.1) is 5.02 Å². The van der Waals surface area contributed by atoms with Crippen LogP contribution in [0.3, 0.4) is 0 Å². The highest BCUT2D eigenvalue weighted by molar-refractivity contribution is 6.33. The fraction of sp³-hybridized carbons (Fsp3) is 0.714. The SMILES string of the molecule is C[C@H]1CC[C@H]2C(C)(C)CCC[C@@]23Oc2ccc(O)c(Cl)c2C[C@]13C. The van der Waals surface area contributed by atoms with Gasteiger partial charge in [-0.05, 0) is 62.0 Å². The Morgan fingerprint density at radius 3 is 2.67 bits per heavy atom. The predicted molar refractivity (Wildman–Crippen MR) is 97.8 cm³/mol. The maximum absolute atomic E-state index is 10.0. The number of fused-ring (bicyclic) bond motifs is 1. The molecule has 3 aliphatic rings. The molecule has 1 aliphatic heterocycles. The van der Waals surface area contributed by atoms with E-state index in [0.717, 1.165) is 24.2 Å². The fourth-order valence-corrected chi connectivity index (χ4v) is 6.45. The summed E-state index contributed by atoms with van der Waals surface area (Å²) in [4.78, 5) is 0. The number of halogens is 1. The molecule has 2 saturated carbocycles. The molecule has 4 rings (SSSR count). The Bertz CT molecular complexity index is 683. The molecule has 1 aromatic rings. The molecule has 0 aromatic heterocycles. The number of ether oxygens (including phenoxy) is 1. The third-order valence-electron chi connectivity index (χ3n) is 7.83. The molecule has 0 unspecified atom stereocenters. The zero-order valence-corrected chi connectivity index (χ0v) is 16.0. The maximum atomic E-state index is 10.0. The molecular weight excluding hydrogens is 320 g/mol. The van der Waals surface area contributed by atoms with Gasteiger partial charge in [-0.3, -0.25) is 0 Å². The number of hydrogen-bond donors (Lipinski definition) is 1. The largest absolute Gasteiger partial charge is 0.506 e. The van der Waals surface area contributed by atoms with E-state index in [9.17, 15) is 5.11 Å². The average molecular weight is 349 g/mol. The topological polar surface area (TPSA) is 29.5 Å². The highest BCUT2D eigenvalue weighted by atomic mass is 35.5. The van der Waals surface area contributed by atoms with Crippen molar-refractivity contribution in [2.45, 2.75) is 71.8 Å². The van der Waals surface area contributed by atoms with Crippen molar-refractivity contribution < 1.29 is 9.84 Å². The molecule has 1 aromatic carbocycles. The summed E-state index contributed by atoms with van der Waals surface area (Å²) in [5.41, 5.74) is 1.29. The molecule has 1 heterocycles. The van der Waals surface area contributed by atoms with Crippen molar-refractivity contribution in [3.05, 3.63) is 22.7 Å². The van der Waals surface area contributed by atoms with E-state index in [4.69, 9.17) is 16.3 Å². The first-order valence-electron chi connectivity index (χ1n) is 9.41. The third-order valence-corrected chi connectivity index (χ3v) is 8.26. The van der Waals surface area contributed by atoms with Gasteiger partial charge in [-0.25, -0.2) is 0 Å². The van der Waals surface area contributed by atoms with Crippen LogP contribution in [0.4, 0.5) is 0 Å². The second-order valence-electron chi connectivity index (χ2n) is 9.33. The van der Waals surface area contributed by atoms with Gasteiger partial charge < -0.3 is 9.84 Å². The second-order valence-corrected chi connectivity index (χ2v) is 9.71. The van der Waals surface area contributed by atoms with Crippen molar-refractivity contribution in [1.82, 2.24) is 0 Å². The Morgan fingerprint density at radius 2 is 1.92 bits per heavy atom. The molecule has 4 atom stereocenters. The lowest BCUT2D eigenvalue weighted by Gasteiger charge is -2.66. The molecule has 1 N–H and O–H groups in total. The van der Waals surface area contributed by atoms with Crippen LogP contribution < -0.4 is 4.74 Å². The zero-order valence-electron chi connectivity index (χ0n) is 15.3. The lowest BCUT2D eigenvalue weighted by atomic mass is 9.44. The summed E-state index contributed by atoms with van der Waals surface area (Å²) in [6, 6.07) is 3.60. The molecule has 2 fully saturated rings. The van der Waals surface area contributed by atoms with E-state index >= 15 is 0 Å². The summed E-state index contributed by atoms with van der Waals surface area (Å²) in [7, 11) is 0. The highest BCUT2D eigenvalue weighted by Crippen LogP contribution is 2.66. The van der Waals surface area contributed by atoms with Crippen LogP contribution in [-0.2, 0) is 6.42 Å². The number of hydrogen-bond acceptors (Lipinski definition) is 2. The van der Waals surface area contributed by atoms with Gasteiger partial charge in [-0.15, -0.1) is 0 Å². The smallest absolute Gasteiger partial charge is 0.134 e. The number of rotatable bonds is 0. The highest BCUT2D eigenvalue weighted by Gasteiger charge is 2.65. The van der Waals surface area contributed by atoms with Gasteiger partial charge >= 0.3 is 0 Å². The minimum atomic E-state index is -0.0975. The van der Waals surface area contributed by atoms with Gasteiger partial charge in [0.25, 0.3) is 0 Å². The van der Waals surface area contributed by atoms with Gasteiger partial charge in [-0.1, -0.05) is 39.3 Å². The summed E-state index contributed by atoms with van der Waals surface area (Å²) >= 11 is 6.45. The van der Waals surface area contributed by atoms with Crippen molar-refractivity contribution in [3.63, 3.8) is 0 Å². The molecule has 0 radical (unpaired) electrons. The van der Waals surface area contributed by atoms with Crippen LogP contribution in [0.1, 0.15) is 65.4 Å². The molecule has 3 heteroatoms. The van der Waals surface area contributed by atoms with Crippen LogP contribution in [0, 0.1) is 22.7 Å². The van der Waals surface area contributed by atoms with Crippen LogP contribution in [0.15, 0.2) is 12.1 Å². The second kappa shape index (κ2) is 5.06. The number of phenols is 1. The molecule has 0 amide bonds. The van der Waals surface area contributed by atoms with Gasteiger partial charge in [0.1, 0.15) is 17.1 Å². The van der Waals surface area contributed by atoms with Crippen LogP contribution >= 0.6 is 11.6 Å². The van der Waals surface area contributed by atoms with Crippen molar-refractivity contribution in [1.29, 1.82) is 0 Å². The average Bonchev–Trinajstić information content (AvgIpc) is 2.51. The van der Waals surface area contributed by atoms with E-state index in [-0.39, 0.29) is 16.8 Å². The molecule has 0 saturated heterocycles. The summed E-state index contributed by atoms with van der Waals surface area (Å²) in [5.74, 6) is 2.24. The number of benzene rings is 1. The van der Waals surface area contributed by atoms with Gasteiger partial charge in [0.2, 0.25) is 0 Å². The number of phenolic OH excluding ortho intramolecular Hbond substituents is 1. The molecule has 132 valence electrons. The Morgan fingerprint density at radius 1 is 1.17 bits per heavy atom. The summed E-state index contributed by atoms with van der Waals surface area (Å²) in [5, 5.41) is 10.5. The lowest BCUT2D eigenvalue weighted by Crippen LogP contribution is -2.68. The first-order chi connectivity index (χ1) is 11.2. The minimum absolute atomic E-state index is 0.0675. The van der Waals surface area contributed by atoms with Crippen molar-refractivity contribution in [2.75, 3.05) is 0 Å². The van der Waals surface area contributed by atoms with Crippen molar-refractivity contribution in [3.8, 4) is 11.5 Å². The molecule has 2 aliphatic carbocycles. The fourth-order valence-electron chi connectivity index (χ4n) is 6.22. The first-order valence-corrected chi connectivity index (χ1v) is 9.78. The normalized spacial score (nSPS) is 40.0. The van der Waals surface area contributed by atoms with Crippen LogP contribution in [0.5, 0.6) is 11.5 Å². The Balaban J connectivity index is 1.91. The standard InChI is InChI=1S/C21H29ClO2/c1-13-6-9-17-19(2,3)10-5-11-21(17)20(13,4)12-14-16(24-21)8-7-15(23)18(14)22/h7-8,13,17,23H,5-6,9-12H2,1-4H3/t13-,17-,20+,21+/m0/s1. The Hall–Kier alpha value is -0.890. The number of aromatic hydroxyl groups is 1. The van der Waals surface area contributed by atoms with E-state index in [0.29, 0.717) is 22.3 Å². The molecule has 0 bridgehead atoms.